The summed E-state index contributed by atoms with van der Waals surface area (Å²) in [5.74, 6) is -0.412. The van der Waals surface area contributed by atoms with Gasteiger partial charge in [0.1, 0.15) is 11.6 Å². The van der Waals surface area contributed by atoms with Gasteiger partial charge in [-0.25, -0.2) is 8.78 Å². The fraction of sp³-hybridized carbons (Fsp3) is 0.333. The normalized spacial score (nSPS) is 10.8. The SMILES string of the molecule is CCc1ccc(-c2cc(F)c(CC)c(CC)c2)cc1F. The number of hydrogen-bond donors (Lipinski definition) is 0. The molecule has 2 heteroatoms. The Kier molecular flexibility index (Phi) is 4.53. The van der Waals surface area contributed by atoms with E-state index in [1.54, 1.807) is 6.07 Å². The molecule has 0 aliphatic rings. The molecule has 0 fully saturated rings. The summed E-state index contributed by atoms with van der Waals surface area (Å²) >= 11 is 0. The first-order valence-electron chi connectivity index (χ1n) is 7.20. The van der Waals surface area contributed by atoms with Gasteiger partial charge in [-0.3, -0.25) is 0 Å². The maximum atomic E-state index is 14.1. The fourth-order valence-electron chi connectivity index (χ4n) is 2.59. The van der Waals surface area contributed by atoms with Crippen molar-refractivity contribution in [2.75, 3.05) is 0 Å². The quantitative estimate of drug-likeness (QED) is 0.708. The van der Waals surface area contributed by atoms with E-state index in [-0.39, 0.29) is 11.6 Å². The molecule has 0 atom stereocenters. The maximum absolute atomic E-state index is 14.1. The van der Waals surface area contributed by atoms with Crippen LogP contribution in [0.5, 0.6) is 0 Å². The Balaban J connectivity index is 2.53. The van der Waals surface area contributed by atoms with Crippen molar-refractivity contribution < 1.29 is 8.78 Å². The van der Waals surface area contributed by atoms with E-state index in [1.165, 1.54) is 12.1 Å². The van der Waals surface area contributed by atoms with E-state index in [0.717, 1.165) is 28.7 Å². The summed E-state index contributed by atoms with van der Waals surface area (Å²) < 4.78 is 28.0. The Morgan fingerprint density at radius 2 is 1.35 bits per heavy atom. The molecule has 106 valence electrons. The third-order valence-corrected chi connectivity index (χ3v) is 3.79. The van der Waals surface area contributed by atoms with E-state index < -0.39 is 0 Å². The monoisotopic (exact) mass is 274 g/mol. The van der Waals surface area contributed by atoms with Gasteiger partial charge in [0.15, 0.2) is 0 Å². The van der Waals surface area contributed by atoms with Crippen molar-refractivity contribution >= 4 is 0 Å². The molecule has 0 radical (unpaired) electrons. The van der Waals surface area contributed by atoms with E-state index in [4.69, 9.17) is 0 Å². The molecule has 0 nitrogen and oxygen atoms in total. The molecule has 0 heterocycles. The molecule has 0 saturated carbocycles. The summed E-state index contributed by atoms with van der Waals surface area (Å²) in [7, 11) is 0. The molecule has 2 aromatic rings. The predicted octanol–water partition coefficient (Wildman–Crippen LogP) is 5.32. The summed E-state index contributed by atoms with van der Waals surface area (Å²) in [6.07, 6.45) is 2.12. The lowest BCUT2D eigenvalue weighted by atomic mass is 9.95. The molecule has 0 unspecified atom stereocenters. The van der Waals surface area contributed by atoms with Gasteiger partial charge in [-0.05, 0) is 59.2 Å². The minimum Gasteiger partial charge on any atom is -0.207 e. The Morgan fingerprint density at radius 3 is 1.90 bits per heavy atom. The Labute approximate surface area is 119 Å². The highest BCUT2D eigenvalue weighted by Gasteiger charge is 2.11. The molecule has 0 aliphatic heterocycles. The van der Waals surface area contributed by atoms with Gasteiger partial charge < -0.3 is 0 Å². The molecule has 0 saturated heterocycles. The third kappa shape index (κ3) is 2.74. The fourth-order valence-corrected chi connectivity index (χ4v) is 2.59. The first-order chi connectivity index (χ1) is 9.60. The maximum Gasteiger partial charge on any atom is 0.127 e. The van der Waals surface area contributed by atoms with Crippen LogP contribution in [0, 0.1) is 11.6 Å². The van der Waals surface area contributed by atoms with Crippen LogP contribution >= 0.6 is 0 Å². The largest absolute Gasteiger partial charge is 0.207 e. The summed E-state index contributed by atoms with van der Waals surface area (Å²) in [4.78, 5) is 0. The van der Waals surface area contributed by atoms with E-state index in [2.05, 4.69) is 0 Å². The van der Waals surface area contributed by atoms with Crippen LogP contribution in [-0.4, -0.2) is 0 Å². The van der Waals surface area contributed by atoms with Gasteiger partial charge in [-0.2, -0.15) is 0 Å². The second-order valence-electron chi connectivity index (χ2n) is 4.96. The van der Waals surface area contributed by atoms with E-state index in [1.807, 2.05) is 32.9 Å². The lowest BCUT2D eigenvalue weighted by Crippen LogP contribution is -1.97. The van der Waals surface area contributed by atoms with Crippen molar-refractivity contribution in [2.45, 2.75) is 40.0 Å². The zero-order chi connectivity index (χ0) is 14.7. The minimum atomic E-state index is -0.219. The molecule has 0 amide bonds. The lowest BCUT2D eigenvalue weighted by Gasteiger charge is -2.11. The molecule has 2 aromatic carbocycles. The summed E-state index contributed by atoms with van der Waals surface area (Å²) in [5.41, 5.74) is 3.94. The Morgan fingerprint density at radius 1 is 0.700 bits per heavy atom. The zero-order valence-electron chi connectivity index (χ0n) is 12.3. The van der Waals surface area contributed by atoms with Crippen LogP contribution in [0.3, 0.4) is 0 Å². The summed E-state index contributed by atoms with van der Waals surface area (Å²) in [5, 5.41) is 0. The van der Waals surface area contributed by atoms with Crippen molar-refractivity contribution in [3.8, 4) is 11.1 Å². The second-order valence-corrected chi connectivity index (χ2v) is 4.96. The molecule has 2 rings (SSSR count). The lowest BCUT2D eigenvalue weighted by molar-refractivity contribution is 0.608. The Hall–Kier alpha value is -1.70. The zero-order valence-corrected chi connectivity index (χ0v) is 12.3. The molecule has 0 aromatic heterocycles. The number of hydrogen-bond acceptors (Lipinski definition) is 0. The summed E-state index contributed by atoms with van der Waals surface area (Å²) in [6.45, 7) is 5.88. The van der Waals surface area contributed by atoms with Gasteiger partial charge in [0.2, 0.25) is 0 Å². The molecule has 0 N–H and O–H groups in total. The number of rotatable bonds is 4. The van der Waals surface area contributed by atoms with E-state index >= 15 is 0 Å². The topological polar surface area (TPSA) is 0 Å². The second kappa shape index (κ2) is 6.17. The van der Waals surface area contributed by atoms with Gasteiger partial charge in [0.05, 0.1) is 0 Å². The molecule has 0 bridgehead atoms. The van der Waals surface area contributed by atoms with Gasteiger partial charge >= 0.3 is 0 Å². The van der Waals surface area contributed by atoms with Crippen molar-refractivity contribution in [2.24, 2.45) is 0 Å². The van der Waals surface area contributed by atoms with Crippen LogP contribution in [0.2, 0.25) is 0 Å². The van der Waals surface area contributed by atoms with Crippen molar-refractivity contribution in [1.29, 1.82) is 0 Å². The smallest absolute Gasteiger partial charge is 0.127 e. The molecular formula is C18H20F2. The number of benzene rings is 2. The van der Waals surface area contributed by atoms with E-state index in [0.29, 0.717) is 18.4 Å². The van der Waals surface area contributed by atoms with Crippen LogP contribution in [0.4, 0.5) is 8.78 Å². The van der Waals surface area contributed by atoms with Gasteiger partial charge in [0, 0.05) is 0 Å². The highest BCUT2D eigenvalue weighted by atomic mass is 19.1. The first-order valence-corrected chi connectivity index (χ1v) is 7.20. The van der Waals surface area contributed by atoms with Crippen LogP contribution in [0.25, 0.3) is 11.1 Å². The number of aryl methyl sites for hydroxylation is 2. The van der Waals surface area contributed by atoms with E-state index in [9.17, 15) is 8.78 Å². The van der Waals surface area contributed by atoms with Crippen molar-refractivity contribution in [3.63, 3.8) is 0 Å². The third-order valence-electron chi connectivity index (χ3n) is 3.79. The average molecular weight is 274 g/mol. The minimum absolute atomic E-state index is 0.193. The molecule has 0 spiro atoms. The van der Waals surface area contributed by atoms with Gasteiger partial charge in [0.25, 0.3) is 0 Å². The molecule has 0 aliphatic carbocycles. The predicted molar refractivity (Wildman–Crippen MR) is 79.9 cm³/mol. The van der Waals surface area contributed by atoms with Gasteiger partial charge in [-0.15, -0.1) is 0 Å². The first kappa shape index (κ1) is 14.7. The standard InChI is InChI=1S/C18H20F2/c1-4-12-7-8-14(10-17(12)19)15-9-13(5-2)16(6-3)18(20)11-15/h7-11H,4-6H2,1-3H3. The van der Waals surface area contributed by atoms with Crippen LogP contribution < -0.4 is 0 Å². The van der Waals surface area contributed by atoms with Gasteiger partial charge in [-0.1, -0.05) is 39.0 Å². The highest BCUT2D eigenvalue weighted by Crippen LogP contribution is 2.27. The summed E-state index contributed by atoms with van der Waals surface area (Å²) in [6, 6.07) is 8.63. The van der Waals surface area contributed by atoms with Crippen LogP contribution in [-0.2, 0) is 19.3 Å². The highest BCUT2D eigenvalue weighted by molar-refractivity contribution is 5.65. The van der Waals surface area contributed by atoms with Crippen LogP contribution in [0.15, 0.2) is 30.3 Å². The molecule has 20 heavy (non-hydrogen) atoms. The average Bonchev–Trinajstić information content (AvgIpc) is 2.46. The van der Waals surface area contributed by atoms with Crippen molar-refractivity contribution in [1.82, 2.24) is 0 Å². The van der Waals surface area contributed by atoms with Crippen LogP contribution in [0.1, 0.15) is 37.5 Å². The Bertz CT molecular complexity index is 615. The number of halogens is 2. The molecular weight excluding hydrogens is 254 g/mol. The van der Waals surface area contributed by atoms with Crippen molar-refractivity contribution in [3.05, 3.63) is 58.7 Å².